The summed E-state index contributed by atoms with van der Waals surface area (Å²) >= 11 is 0. The van der Waals surface area contributed by atoms with E-state index < -0.39 is 0 Å². The first kappa shape index (κ1) is 14.3. The maximum atomic E-state index is 12.6. The summed E-state index contributed by atoms with van der Waals surface area (Å²) in [5, 5.41) is 0. The number of hydrogen-bond donors (Lipinski definition) is 1. The van der Waals surface area contributed by atoms with Crippen molar-refractivity contribution in [2.75, 3.05) is 6.54 Å². The molecule has 1 fully saturated rings. The van der Waals surface area contributed by atoms with E-state index in [0.717, 1.165) is 43.4 Å². The first-order chi connectivity index (χ1) is 9.02. The Hall–Kier alpha value is -1.15. The standard InChI is InChI=1S/C17H25NO/c1-11-8-13(3)16(9-12(11)2)17(19)15-6-4-14(10-18)5-7-15/h8-9,14-15H,4-7,10,18H2,1-3H3. The number of aryl methyl sites for hydroxylation is 3. The van der Waals surface area contributed by atoms with E-state index in [2.05, 4.69) is 26.0 Å². The van der Waals surface area contributed by atoms with E-state index in [-0.39, 0.29) is 5.92 Å². The van der Waals surface area contributed by atoms with Crippen molar-refractivity contribution in [3.63, 3.8) is 0 Å². The summed E-state index contributed by atoms with van der Waals surface area (Å²) in [5.41, 5.74) is 10.2. The molecule has 2 nitrogen and oxygen atoms in total. The second kappa shape index (κ2) is 5.87. The Kier molecular flexibility index (Phi) is 4.41. The fourth-order valence-electron chi connectivity index (χ4n) is 3.11. The molecule has 0 radical (unpaired) electrons. The van der Waals surface area contributed by atoms with Crippen LogP contribution < -0.4 is 5.73 Å². The average molecular weight is 259 g/mol. The van der Waals surface area contributed by atoms with Crippen LogP contribution in [0.15, 0.2) is 12.1 Å². The predicted molar refractivity (Wildman–Crippen MR) is 79.5 cm³/mol. The monoisotopic (exact) mass is 259 g/mol. The third kappa shape index (κ3) is 3.06. The zero-order valence-corrected chi connectivity index (χ0v) is 12.3. The zero-order chi connectivity index (χ0) is 14.0. The van der Waals surface area contributed by atoms with Crippen LogP contribution >= 0.6 is 0 Å². The minimum atomic E-state index is 0.212. The average Bonchev–Trinajstić information content (AvgIpc) is 2.42. The fourth-order valence-corrected chi connectivity index (χ4v) is 3.11. The van der Waals surface area contributed by atoms with Crippen LogP contribution in [0.3, 0.4) is 0 Å². The third-order valence-electron chi connectivity index (χ3n) is 4.66. The lowest BCUT2D eigenvalue weighted by molar-refractivity contribution is 0.0873. The lowest BCUT2D eigenvalue weighted by atomic mass is 9.78. The maximum absolute atomic E-state index is 12.6. The van der Waals surface area contributed by atoms with Crippen LogP contribution in [0, 0.1) is 32.6 Å². The first-order valence-corrected chi connectivity index (χ1v) is 7.35. The molecule has 1 aliphatic rings. The SMILES string of the molecule is Cc1cc(C)c(C(=O)C2CCC(CN)CC2)cc1C. The lowest BCUT2D eigenvalue weighted by Gasteiger charge is -2.27. The molecule has 0 bridgehead atoms. The summed E-state index contributed by atoms with van der Waals surface area (Å²) in [5.74, 6) is 1.18. The van der Waals surface area contributed by atoms with Crippen LogP contribution in [0.1, 0.15) is 52.7 Å². The largest absolute Gasteiger partial charge is 0.330 e. The summed E-state index contributed by atoms with van der Waals surface area (Å²) < 4.78 is 0. The maximum Gasteiger partial charge on any atom is 0.166 e. The number of ketones is 1. The highest BCUT2D eigenvalue weighted by molar-refractivity contribution is 5.99. The van der Waals surface area contributed by atoms with Gasteiger partial charge in [0.05, 0.1) is 0 Å². The highest BCUT2D eigenvalue weighted by Gasteiger charge is 2.27. The summed E-state index contributed by atoms with van der Waals surface area (Å²) in [6.45, 7) is 6.99. The summed E-state index contributed by atoms with van der Waals surface area (Å²) in [4.78, 5) is 12.6. The van der Waals surface area contributed by atoms with Gasteiger partial charge in [-0.1, -0.05) is 6.07 Å². The minimum Gasteiger partial charge on any atom is -0.330 e. The molecule has 104 valence electrons. The van der Waals surface area contributed by atoms with Crippen LogP contribution in [0.25, 0.3) is 0 Å². The molecule has 1 aromatic rings. The van der Waals surface area contributed by atoms with Crippen molar-refractivity contribution in [2.45, 2.75) is 46.5 Å². The molecule has 1 aromatic carbocycles. The Morgan fingerprint density at radius 3 is 2.21 bits per heavy atom. The smallest absolute Gasteiger partial charge is 0.166 e. The molecule has 1 saturated carbocycles. The lowest BCUT2D eigenvalue weighted by Crippen LogP contribution is -2.26. The van der Waals surface area contributed by atoms with Gasteiger partial charge in [0.1, 0.15) is 0 Å². The molecule has 2 N–H and O–H groups in total. The van der Waals surface area contributed by atoms with E-state index in [9.17, 15) is 4.79 Å². The van der Waals surface area contributed by atoms with E-state index in [4.69, 9.17) is 5.73 Å². The Morgan fingerprint density at radius 2 is 1.63 bits per heavy atom. The number of rotatable bonds is 3. The second-order valence-corrected chi connectivity index (χ2v) is 6.07. The van der Waals surface area contributed by atoms with E-state index in [1.54, 1.807) is 0 Å². The van der Waals surface area contributed by atoms with Crippen molar-refractivity contribution in [3.05, 3.63) is 34.4 Å². The Bertz CT molecular complexity index is 470. The Balaban J connectivity index is 2.14. The van der Waals surface area contributed by atoms with Crippen molar-refractivity contribution >= 4 is 5.78 Å². The second-order valence-electron chi connectivity index (χ2n) is 6.07. The zero-order valence-electron chi connectivity index (χ0n) is 12.3. The summed E-state index contributed by atoms with van der Waals surface area (Å²) in [7, 11) is 0. The van der Waals surface area contributed by atoms with Crippen LogP contribution in [-0.4, -0.2) is 12.3 Å². The highest BCUT2D eigenvalue weighted by Crippen LogP contribution is 2.31. The van der Waals surface area contributed by atoms with Gasteiger partial charge in [0.2, 0.25) is 0 Å². The van der Waals surface area contributed by atoms with Gasteiger partial charge in [0, 0.05) is 11.5 Å². The van der Waals surface area contributed by atoms with Gasteiger partial charge >= 0.3 is 0 Å². The predicted octanol–water partition coefficient (Wildman–Crippen LogP) is 3.56. The molecule has 2 heteroatoms. The molecule has 2 rings (SSSR count). The number of nitrogens with two attached hydrogens (primary N) is 1. The number of carbonyl (C=O) groups excluding carboxylic acids is 1. The van der Waals surface area contributed by atoms with Crippen molar-refractivity contribution in [3.8, 4) is 0 Å². The Morgan fingerprint density at radius 1 is 1.05 bits per heavy atom. The van der Waals surface area contributed by atoms with Gasteiger partial charge in [0.25, 0.3) is 0 Å². The van der Waals surface area contributed by atoms with Crippen LogP contribution in [0.2, 0.25) is 0 Å². The van der Waals surface area contributed by atoms with Gasteiger partial charge in [-0.05, 0) is 81.7 Å². The molecule has 0 spiro atoms. The molecule has 0 aliphatic heterocycles. The minimum absolute atomic E-state index is 0.212. The van der Waals surface area contributed by atoms with Gasteiger partial charge < -0.3 is 5.73 Å². The number of carbonyl (C=O) groups is 1. The molecular formula is C17H25NO. The number of Topliss-reactive ketones (excluding diaryl/α,β-unsaturated/α-hetero) is 1. The van der Waals surface area contributed by atoms with Crippen molar-refractivity contribution in [1.82, 2.24) is 0 Å². The number of hydrogen-bond acceptors (Lipinski definition) is 2. The van der Waals surface area contributed by atoms with Crippen LogP contribution in [0.5, 0.6) is 0 Å². The molecule has 0 saturated heterocycles. The topological polar surface area (TPSA) is 43.1 Å². The molecule has 19 heavy (non-hydrogen) atoms. The van der Waals surface area contributed by atoms with E-state index in [0.29, 0.717) is 11.7 Å². The van der Waals surface area contributed by atoms with E-state index in [1.807, 2.05) is 6.92 Å². The molecule has 0 heterocycles. The van der Waals surface area contributed by atoms with Gasteiger partial charge in [0.15, 0.2) is 5.78 Å². The van der Waals surface area contributed by atoms with Crippen LogP contribution in [0.4, 0.5) is 0 Å². The normalized spacial score (nSPS) is 23.4. The number of benzene rings is 1. The quantitative estimate of drug-likeness (QED) is 0.843. The van der Waals surface area contributed by atoms with Gasteiger partial charge in [-0.15, -0.1) is 0 Å². The molecule has 0 atom stereocenters. The van der Waals surface area contributed by atoms with E-state index >= 15 is 0 Å². The third-order valence-corrected chi connectivity index (χ3v) is 4.66. The molecule has 0 unspecified atom stereocenters. The summed E-state index contributed by atoms with van der Waals surface area (Å²) in [6, 6.07) is 4.20. The molecular weight excluding hydrogens is 234 g/mol. The molecule has 0 amide bonds. The summed E-state index contributed by atoms with van der Waals surface area (Å²) in [6.07, 6.45) is 4.23. The van der Waals surface area contributed by atoms with Crippen LogP contribution in [-0.2, 0) is 0 Å². The molecule has 1 aliphatic carbocycles. The fraction of sp³-hybridized carbons (Fsp3) is 0.588. The van der Waals surface area contributed by atoms with Gasteiger partial charge in [-0.2, -0.15) is 0 Å². The van der Waals surface area contributed by atoms with Crippen molar-refractivity contribution < 1.29 is 4.79 Å². The Labute approximate surface area is 116 Å². The first-order valence-electron chi connectivity index (χ1n) is 7.35. The highest BCUT2D eigenvalue weighted by atomic mass is 16.1. The van der Waals surface area contributed by atoms with Gasteiger partial charge in [-0.25, -0.2) is 0 Å². The van der Waals surface area contributed by atoms with Gasteiger partial charge in [-0.3, -0.25) is 4.79 Å². The van der Waals surface area contributed by atoms with Crippen molar-refractivity contribution in [1.29, 1.82) is 0 Å². The van der Waals surface area contributed by atoms with E-state index in [1.165, 1.54) is 11.1 Å². The molecule has 0 aromatic heterocycles. The van der Waals surface area contributed by atoms with Crippen molar-refractivity contribution in [2.24, 2.45) is 17.6 Å².